The Morgan fingerprint density at radius 2 is 1.93 bits per heavy atom. The Labute approximate surface area is 182 Å². The highest BCUT2D eigenvalue weighted by Gasteiger charge is 2.19. The number of rotatable bonds is 9. The minimum absolute atomic E-state index is 0.00193. The van der Waals surface area contributed by atoms with E-state index in [2.05, 4.69) is 21.2 Å². The average molecular weight is 445 g/mol. The molecule has 0 saturated carbocycles. The molecule has 2 aromatic heterocycles. The Bertz CT molecular complexity index is 1100. The van der Waals surface area contributed by atoms with Gasteiger partial charge < -0.3 is 9.47 Å². The summed E-state index contributed by atoms with van der Waals surface area (Å²) in [4.78, 5) is 4.68. The highest BCUT2D eigenvalue weighted by molar-refractivity contribution is 7.98. The molecule has 0 aliphatic carbocycles. The SMILES string of the molecule is COC[C@@H](C)n1c(COc2ccccc2F)nnc1SCc1nc2ccccc2s1. The van der Waals surface area contributed by atoms with Crippen LogP contribution in [0.2, 0.25) is 0 Å². The van der Waals surface area contributed by atoms with Crippen LogP contribution in [0.1, 0.15) is 23.8 Å². The predicted octanol–water partition coefficient (Wildman–Crippen LogP) is 5.11. The fourth-order valence-corrected chi connectivity index (χ4v) is 5.09. The van der Waals surface area contributed by atoms with E-state index in [-0.39, 0.29) is 18.4 Å². The van der Waals surface area contributed by atoms with Gasteiger partial charge in [0.25, 0.3) is 0 Å². The van der Waals surface area contributed by atoms with E-state index in [1.54, 1.807) is 48.4 Å². The standard InChI is InChI=1S/C21H21FN4O2S2/c1-14(11-27-2)26-19(12-28-17-9-5-3-7-15(17)22)24-25-21(26)29-13-20-23-16-8-4-6-10-18(16)30-20/h3-10,14H,11-13H2,1-2H3/t14-/m1/s1. The summed E-state index contributed by atoms with van der Waals surface area (Å²) < 4.78 is 28.0. The Hall–Kier alpha value is -2.49. The fraction of sp³-hybridized carbons (Fsp3) is 0.286. The van der Waals surface area contributed by atoms with Crippen molar-refractivity contribution in [1.29, 1.82) is 0 Å². The van der Waals surface area contributed by atoms with E-state index in [1.807, 2.05) is 29.7 Å². The van der Waals surface area contributed by atoms with E-state index in [4.69, 9.17) is 9.47 Å². The quantitative estimate of drug-likeness (QED) is 0.335. The molecule has 9 heteroatoms. The van der Waals surface area contributed by atoms with Gasteiger partial charge in [0.05, 0.1) is 28.6 Å². The number of methoxy groups -OCH3 is 1. The van der Waals surface area contributed by atoms with Gasteiger partial charge in [-0.25, -0.2) is 9.37 Å². The van der Waals surface area contributed by atoms with E-state index in [9.17, 15) is 4.39 Å². The molecule has 4 aromatic rings. The molecule has 2 heterocycles. The molecular weight excluding hydrogens is 423 g/mol. The minimum Gasteiger partial charge on any atom is -0.483 e. The number of halogens is 1. The molecule has 0 amide bonds. The van der Waals surface area contributed by atoms with E-state index in [0.29, 0.717) is 18.2 Å². The van der Waals surface area contributed by atoms with E-state index in [1.165, 1.54) is 10.8 Å². The van der Waals surface area contributed by atoms with Crippen LogP contribution in [0.25, 0.3) is 10.2 Å². The highest BCUT2D eigenvalue weighted by atomic mass is 32.2. The molecule has 0 aliphatic heterocycles. The van der Waals surface area contributed by atoms with Crippen LogP contribution in [0, 0.1) is 5.82 Å². The molecule has 1 atom stereocenters. The molecule has 2 aromatic carbocycles. The molecule has 0 saturated heterocycles. The van der Waals surface area contributed by atoms with Crippen LogP contribution in [-0.4, -0.2) is 33.5 Å². The zero-order valence-corrected chi connectivity index (χ0v) is 18.3. The molecule has 0 spiro atoms. The Kier molecular flexibility index (Phi) is 6.61. The van der Waals surface area contributed by atoms with E-state index in [0.717, 1.165) is 15.7 Å². The van der Waals surface area contributed by atoms with Crippen LogP contribution >= 0.6 is 23.1 Å². The van der Waals surface area contributed by atoms with Crippen molar-refractivity contribution in [3.63, 3.8) is 0 Å². The second-order valence-corrected chi connectivity index (χ2v) is 8.71. The van der Waals surface area contributed by atoms with E-state index < -0.39 is 5.82 Å². The molecule has 6 nitrogen and oxygen atoms in total. The number of fused-ring (bicyclic) bond motifs is 1. The largest absolute Gasteiger partial charge is 0.483 e. The van der Waals surface area contributed by atoms with Crippen molar-refractivity contribution in [1.82, 2.24) is 19.7 Å². The first-order valence-electron chi connectivity index (χ1n) is 9.43. The number of ether oxygens (including phenoxy) is 2. The molecule has 0 radical (unpaired) electrons. The predicted molar refractivity (Wildman–Crippen MR) is 117 cm³/mol. The first-order chi connectivity index (χ1) is 14.7. The number of aromatic nitrogens is 4. The van der Waals surface area contributed by atoms with Gasteiger partial charge in [-0.2, -0.15) is 0 Å². The number of hydrogen-bond acceptors (Lipinski definition) is 7. The van der Waals surface area contributed by atoms with Gasteiger partial charge in [-0.05, 0) is 31.2 Å². The second-order valence-electron chi connectivity index (χ2n) is 6.66. The number of thiazole rings is 1. The summed E-state index contributed by atoms with van der Waals surface area (Å²) in [6.45, 7) is 2.64. The number of hydrogen-bond donors (Lipinski definition) is 0. The zero-order chi connectivity index (χ0) is 20.9. The lowest BCUT2D eigenvalue weighted by Crippen LogP contribution is -2.16. The third-order valence-electron chi connectivity index (χ3n) is 4.44. The van der Waals surface area contributed by atoms with Gasteiger partial charge in [-0.3, -0.25) is 4.57 Å². The zero-order valence-electron chi connectivity index (χ0n) is 16.6. The lowest BCUT2D eigenvalue weighted by atomic mass is 10.3. The van der Waals surface area contributed by atoms with Crippen LogP contribution in [0.4, 0.5) is 4.39 Å². The lowest BCUT2D eigenvalue weighted by Gasteiger charge is -2.17. The molecule has 156 valence electrons. The highest BCUT2D eigenvalue weighted by Crippen LogP contribution is 2.30. The third kappa shape index (κ3) is 4.63. The first kappa shape index (κ1) is 20.8. The monoisotopic (exact) mass is 444 g/mol. The molecule has 0 bridgehead atoms. The summed E-state index contributed by atoms with van der Waals surface area (Å²) in [5, 5.41) is 10.4. The maximum Gasteiger partial charge on any atom is 0.192 e. The Morgan fingerprint density at radius 3 is 2.73 bits per heavy atom. The van der Waals surface area contributed by atoms with Crippen LogP contribution in [0.15, 0.2) is 53.7 Å². The summed E-state index contributed by atoms with van der Waals surface area (Å²) in [6, 6.07) is 14.4. The van der Waals surface area contributed by atoms with Gasteiger partial charge in [-0.15, -0.1) is 21.5 Å². The smallest absolute Gasteiger partial charge is 0.192 e. The summed E-state index contributed by atoms with van der Waals surface area (Å²) >= 11 is 3.24. The Balaban J connectivity index is 1.52. The van der Waals surface area contributed by atoms with Crippen LogP contribution in [0.5, 0.6) is 5.75 Å². The lowest BCUT2D eigenvalue weighted by molar-refractivity contribution is 0.154. The van der Waals surface area contributed by atoms with Gasteiger partial charge in [-0.1, -0.05) is 36.0 Å². The van der Waals surface area contributed by atoms with Gasteiger partial charge in [0.1, 0.15) is 11.6 Å². The molecule has 0 N–H and O–H groups in total. The first-order valence-corrected chi connectivity index (χ1v) is 11.2. The van der Waals surface area contributed by atoms with Crippen molar-refractivity contribution in [2.45, 2.75) is 30.5 Å². The van der Waals surface area contributed by atoms with Crippen molar-refractivity contribution in [2.75, 3.05) is 13.7 Å². The fourth-order valence-electron chi connectivity index (χ4n) is 3.07. The van der Waals surface area contributed by atoms with Gasteiger partial charge >= 0.3 is 0 Å². The second kappa shape index (κ2) is 9.55. The van der Waals surface area contributed by atoms with Crippen molar-refractivity contribution >= 4 is 33.3 Å². The summed E-state index contributed by atoms with van der Waals surface area (Å²) in [7, 11) is 1.66. The maximum absolute atomic E-state index is 13.9. The molecule has 4 rings (SSSR count). The number of thioether (sulfide) groups is 1. The number of benzene rings is 2. The molecule has 0 aliphatic rings. The average Bonchev–Trinajstić information content (AvgIpc) is 3.35. The van der Waals surface area contributed by atoms with E-state index >= 15 is 0 Å². The maximum atomic E-state index is 13.9. The van der Waals surface area contributed by atoms with Gasteiger partial charge in [0, 0.05) is 7.11 Å². The molecule has 30 heavy (non-hydrogen) atoms. The van der Waals surface area contributed by atoms with Crippen LogP contribution in [0.3, 0.4) is 0 Å². The summed E-state index contributed by atoms with van der Waals surface area (Å²) in [5.41, 5.74) is 1.01. The summed E-state index contributed by atoms with van der Waals surface area (Å²) in [5.74, 6) is 1.09. The topological polar surface area (TPSA) is 62.1 Å². The molecular formula is C21H21FN4O2S2. The van der Waals surface area contributed by atoms with Crippen molar-refractivity contribution in [3.05, 3.63) is 65.2 Å². The Morgan fingerprint density at radius 1 is 1.13 bits per heavy atom. The molecule has 0 fully saturated rings. The van der Waals surface area contributed by atoms with Crippen LogP contribution < -0.4 is 4.74 Å². The molecule has 0 unspecified atom stereocenters. The number of nitrogens with zero attached hydrogens (tertiary/aromatic N) is 4. The van der Waals surface area contributed by atoms with Crippen molar-refractivity contribution in [3.8, 4) is 5.75 Å². The van der Waals surface area contributed by atoms with Crippen molar-refractivity contribution in [2.24, 2.45) is 0 Å². The summed E-state index contributed by atoms with van der Waals surface area (Å²) in [6.07, 6.45) is 0. The van der Waals surface area contributed by atoms with Gasteiger partial charge in [0.15, 0.2) is 22.5 Å². The van der Waals surface area contributed by atoms with Crippen molar-refractivity contribution < 1.29 is 13.9 Å². The van der Waals surface area contributed by atoms with Gasteiger partial charge in [0.2, 0.25) is 0 Å². The number of para-hydroxylation sites is 2. The third-order valence-corrected chi connectivity index (χ3v) is 6.61. The normalized spacial score (nSPS) is 12.4. The minimum atomic E-state index is -0.404. The van der Waals surface area contributed by atoms with Crippen LogP contribution in [-0.2, 0) is 17.1 Å².